The summed E-state index contributed by atoms with van der Waals surface area (Å²) in [6.07, 6.45) is 2.29. The summed E-state index contributed by atoms with van der Waals surface area (Å²) in [5.41, 5.74) is 5.26. The third kappa shape index (κ3) is 6.33. The van der Waals surface area contributed by atoms with E-state index in [2.05, 4.69) is 10.2 Å². The molecule has 0 aromatic rings. The smallest absolute Gasteiger partial charge is 0.234 e. The Labute approximate surface area is 110 Å². The van der Waals surface area contributed by atoms with E-state index < -0.39 is 0 Å². The summed E-state index contributed by atoms with van der Waals surface area (Å²) in [6, 6.07) is 0. The van der Waals surface area contributed by atoms with E-state index in [1.54, 1.807) is 0 Å². The first kappa shape index (κ1) is 15.4. The lowest BCUT2D eigenvalue weighted by Gasteiger charge is -2.32. The predicted molar refractivity (Wildman–Crippen MR) is 72.4 cm³/mol. The van der Waals surface area contributed by atoms with Crippen molar-refractivity contribution in [3.63, 3.8) is 0 Å². The van der Waals surface area contributed by atoms with Crippen LogP contribution < -0.4 is 11.1 Å². The Hall–Kier alpha value is -0.650. The lowest BCUT2D eigenvalue weighted by Crippen LogP contribution is -2.48. The zero-order valence-corrected chi connectivity index (χ0v) is 11.9. The van der Waals surface area contributed by atoms with Crippen LogP contribution in [0.2, 0.25) is 0 Å². The number of hydrogen-bond donors (Lipinski definition) is 2. The molecule has 1 saturated heterocycles. The number of amides is 1. The molecule has 5 heteroatoms. The Kier molecular flexibility index (Phi) is 6.05. The maximum absolute atomic E-state index is 11.8. The van der Waals surface area contributed by atoms with E-state index in [1.807, 2.05) is 20.8 Å². The van der Waals surface area contributed by atoms with Crippen molar-refractivity contribution in [2.45, 2.75) is 45.3 Å². The third-order valence-electron chi connectivity index (χ3n) is 2.89. The summed E-state index contributed by atoms with van der Waals surface area (Å²) < 4.78 is 5.61. The molecule has 1 rings (SSSR count). The quantitative estimate of drug-likeness (QED) is 0.745. The van der Waals surface area contributed by atoms with E-state index in [1.165, 1.54) is 0 Å². The molecule has 0 aromatic carbocycles. The molecule has 18 heavy (non-hydrogen) atoms. The van der Waals surface area contributed by atoms with Crippen molar-refractivity contribution in [3.05, 3.63) is 0 Å². The highest BCUT2D eigenvalue weighted by Gasteiger charge is 2.22. The lowest BCUT2D eigenvalue weighted by molar-refractivity contribution is -0.124. The van der Waals surface area contributed by atoms with Crippen molar-refractivity contribution in [2.75, 3.05) is 32.8 Å². The molecule has 0 spiro atoms. The summed E-state index contributed by atoms with van der Waals surface area (Å²) in [7, 11) is 0. The highest BCUT2D eigenvalue weighted by molar-refractivity contribution is 5.78. The van der Waals surface area contributed by atoms with Crippen LogP contribution >= 0.6 is 0 Å². The SMILES string of the molecule is CC(C)(C)NC(=O)CN1CCC(OCCN)CC1. The number of piperidine rings is 1. The number of rotatable bonds is 5. The topological polar surface area (TPSA) is 67.6 Å². The standard InChI is InChI=1S/C13H27N3O2/c1-13(2,3)15-12(17)10-16-7-4-11(5-8-16)18-9-6-14/h11H,4-10,14H2,1-3H3,(H,15,17). The Balaban J connectivity index is 2.21. The van der Waals surface area contributed by atoms with Gasteiger partial charge in [-0.3, -0.25) is 9.69 Å². The molecule has 0 atom stereocenters. The zero-order chi connectivity index (χ0) is 13.6. The van der Waals surface area contributed by atoms with E-state index in [9.17, 15) is 4.79 Å². The molecule has 3 N–H and O–H groups in total. The molecule has 1 aliphatic heterocycles. The van der Waals surface area contributed by atoms with Gasteiger partial charge in [0.1, 0.15) is 0 Å². The molecule has 1 fully saturated rings. The molecule has 0 aromatic heterocycles. The minimum atomic E-state index is -0.153. The molecule has 0 aliphatic carbocycles. The number of nitrogens with one attached hydrogen (secondary N) is 1. The van der Waals surface area contributed by atoms with E-state index >= 15 is 0 Å². The van der Waals surface area contributed by atoms with Crippen molar-refractivity contribution in [2.24, 2.45) is 5.73 Å². The molecule has 5 nitrogen and oxygen atoms in total. The molecule has 0 radical (unpaired) electrons. The lowest BCUT2D eigenvalue weighted by atomic mass is 10.1. The average molecular weight is 257 g/mol. The molecular formula is C13H27N3O2. The maximum atomic E-state index is 11.8. The molecule has 1 heterocycles. The van der Waals surface area contributed by atoms with Crippen LogP contribution in [-0.4, -0.2) is 55.2 Å². The normalized spacial score (nSPS) is 18.9. The fourth-order valence-corrected chi connectivity index (χ4v) is 2.13. The van der Waals surface area contributed by atoms with E-state index in [0.717, 1.165) is 25.9 Å². The largest absolute Gasteiger partial charge is 0.377 e. The number of ether oxygens (including phenoxy) is 1. The van der Waals surface area contributed by atoms with Gasteiger partial charge in [-0.1, -0.05) is 0 Å². The first-order chi connectivity index (χ1) is 8.40. The second kappa shape index (κ2) is 7.07. The predicted octanol–water partition coefficient (Wildman–Crippen LogP) is 0.341. The van der Waals surface area contributed by atoms with Crippen LogP contribution in [0.4, 0.5) is 0 Å². The van der Waals surface area contributed by atoms with Crippen LogP contribution in [-0.2, 0) is 9.53 Å². The molecular weight excluding hydrogens is 230 g/mol. The Morgan fingerprint density at radius 1 is 1.39 bits per heavy atom. The summed E-state index contributed by atoms with van der Waals surface area (Å²) in [6.45, 7) is 9.54. The van der Waals surface area contributed by atoms with Crippen LogP contribution in [0.1, 0.15) is 33.6 Å². The highest BCUT2D eigenvalue weighted by atomic mass is 16.5. The van der Waals surface area contributed by atoms with Crippen LogP contribution in [0, 0.1) is 0 Å². The summed E-state index contributed by atoms with van der Waals surface area (Å²) >= 11 is 0. The van der Waals surface area contributed by atoms with Crippen molar-refractivity contribution in [3.8, 4) is 0 Å². The molecule has 0 saturated carbocycles. The monoisotopic (exact) mass is 257 g/mol. The molecule has 106 valence electrons. The van der Waals surface area contributed by atoms with Gasteiger partial charge >= 0.3 is 0 Å². The Morgan fingerprint density at radius 3 is 2.50 bits per heavy atom. The van der Waals surface area contributed by atoms with Gasteiger partial charge in [0.2, 0.25) is 5.91 Å². The minimum Gasteiger partial charge on any atom is -0.377 e. The number of nitrogens with zero attached hydrogens (tertiary/aromatic N) is 1. The first-order valence-electron chi connectivity index (χ1n) is 6.76. The van der Waals surface area contributed by atoms with Crippen LogP contribution in [0.15, 0.2) is 0 Å². The van der Waals surface area contributed by atoms with Crippen molar-refractivity contribution >= 4 is 5.91 Å². The van der Waals surface area contributed by atoms with Gasteiger partial charge in [-0.25, -0.2) is 0 Å². The summed E-state index contributed by atoms with van der Waals surface area (Å²) in [4.78, 5) is 14.0. The van der Waals surface area contributed by atoms with Gasteiger partial charge in [0.15, 0.2) is 0 Å². The van der Waals surface area contributed by atoms with Crippen molar-refractivity contribution in [1.82, 2.24) is 10.2 Å². The van der Waals surface area contributed by atoms with Gasteiger partial charge in [-0.15, -0.1) is 0 Å². The van der Waals surface area contributed by atoms with Gasteiger partial charge in [-0.2, -0.15) is 0 Å². The van der Waals surface area contributed by atoms with Gasteiger partial charge in [0, 0.05) is 25.2 Å². The molecule has 1 aliphatic rings. The summed E-state index contributed by atoms with van der Waals surface area (Å²) in [5.74, 6) is 0.101. The Morgan fingerprint density at radius 2 is 2.00 bits per heavy atom. The Bertz CT molecular complexity index is 255. The van der Waals surface area contributed by atoms with Gasteiger partial charge in [0.25, 0.3) is 0 Å². The van der Waals surface area contributed by atoms with Crippen molar-refractivity contribution < 1.29 is 9.53 Å². The fraction of sp³-hybridized carbons (Fsp3) is 0.923. The van der Waals surface area contributed by atoms with Gasteiger partial charge in [-0.05, 0) is 33.6 Å². The maximum Gasteiger partial charge on any atom is 0.234 e. The molecule has 0 bridgehead atoms. The summed E-state index contributed by atoms with van der Waals surface area (Å²) in [5, 5.41) is 2.98. The first-order valence-corrected chi connectivity index (χ1v) is 6.76. The number of nitrogens with two attached hydrogens (primary N) is 1. The number of hydrogen-bond acceptors (Lipinski definition) is 4. The number of likely N-dealkylation sites (tertiary alicyclic amines) is 1. The molecule has 1 amide bonds. The van der Waals surface area contributed by atoms with Gasteiger partial charge < -0.3 is 15.8 Å². The van der Waals surface area contributed by atoms with Crippen LogP contribution in [0.3, 0.4) is 0 Å². The zero-order valence-electron chi connectivity index (χ0n) is 11.9. The second-order valence-corrected chi connectivity index (χ2v) is 5.93. The number of carbonyl (C=O) groups is 1. The minimum absolute atomic E-state index is 0.101. The molecule has 0 unspecified atom stereocenters. The van der Waals surface area contributed by atoms with Crippen molar-refractivity contribution in [1.29, 1.82) is 0 Å². The van der Waals surface area contributed by atoms with Crippen LogP contribution in [0.5, 0.6) is 0 Å². The number of carbonyl (C=O) groups excluding carboxylic acids is 1. The highest BCUT2D eigenvalue weighted by Crippen LogP contribution is 2.13. The average Bonchev–Trinajstić information content (AvgIpc) is 2.25. The second-order valence-electron chi connectivity index (χ2n) is 5.93. The third-order valence-corrected chi connectivity index (χ3v) is 2.89. The van der Waals surface area contributed by atoms with E-state index in [-0.39, 0.29) is 11.4 Å². The van der Waals surface area contributed by atoms with Crippen LogP contribution in [0.25, 0.3) is 0 Å². The fourth-order valence-electron chi connectivity index (χ4n) is 2.13. The van der Waals surface area contributed by atoms with Gasteiger partial charge in [0.05, 0.1) is 19.3 Å². The van der Waals surface area contributed by atoms with E-state index in [0.29, 0.717) is 25.8 Å². The van der Waals surface area contributed by atoms with E-state index in [4.69, 9.17) is 10.5 Å².